The molecule has 0 radical (unpaired) electrons. The van der Waals surface area contributed by atoms with Crippen molar-refractivity contribution < 1.29 is 53.4 Å². The van der Waals surface area contributed by atoms with Crippen molar-refractivity contribution in [2.75, 3.05) is 59.2 Å². The fourth-order valence-electron chi connectivity index (χ4n) is 9.04. The topological polar surface area (TPSA) is 221 Å². The Hall–Kier alpha value is -5.80. The molecule has 2 aromatic carbocycles. The zero-order chi connectivity index (χ0) is 48.7. The summed E-state index contributed by atoms with van der Waals surface area (Å²) in [4.78, 5) is 68.1. The Balaban J connectivity index is 1.40. The lowest BCUT2D eigenvalue weighted by Gasteiger charge is -2.38. The van der Waals surface area contributed by atoms with Gasteiger partial charge in [0.2, 0.25) is 11.7 Å². The van der Waals surface area contributed by atoms with Crippen molar-refractivity contribution in [3.8, 4) is 29.6 Å². The number of anilines is 1. The third-order valence-electron chi connectivity index (χ3n) is 12.7. The molecular weight excluding hydrogens is 861 g/mol. The van der Waals surface area contributed by atoms with Gasteiger partial charge >= 0.3 is 12.3 Å². The second-order valence-corrected chi connectivity index (χ2v) is 18.8. The number of likely N-dealkylation sites (tertiary alicyclic amines) is 1. The summed E-state index contributed by atoms with van der Waals surface area (Å²) in [5.41, 5.74) is -0.116. The number of allylic oxidation sites excluding steroid dienone is 3. The number of benzene rings is 2. The molecule has 1 fully saturated rings. The van der Waals surface area contributed by atoms with Gasteiger partial charge in [-0.2, -0.15) is 0 Å². The number of piperidine rings is 1. The van der Waals surface area contributed by atoms with Crippen LogP contribution in [0.3, 0.4) is 0 Å². The lowest BCUT2D eigenvalue weighted by Crippen LogP contribution is -2.47. The molecule has 4 aliphatic rings. The van der Waals surface area contributed by atoms with E-state index in [0.29, 0.717) is 43.8 Å². The van der Waals surface area contributed by atoms with Crippen molar-refractivity contribution in [1.29, 1.82) is 0 Å². The third kappa shape index (κ3) is 11.7. The molecule has 362 valence electrons. The van der Waals surface area contributed by atoms with E-state index < -0.39 is 71.9 Å². The molecule has 4 bridgehead atoms. The molecule has 0 saturated carbocycles. The van der Waals surface area contributed by atoms with Crippen molar-refractivity contribution in [1.82, 2.24) is 15.1 Å². The van der Waals surface area contributed by atoms with Crippen molar-refractivity contribution in [2.24, 2.45) is 27.7 Å². The van der Waals surface area contributed by atoms with Crippen LogP contribution in [0.25, 0.3) is 10.8 Å². The van der Waals surface area contributed by atoms with Crippen molar-refractivity contribution in [3.05, 3.63) is 58.0 Å². The predicted molar refractivity (Wildman–Crippen MR) is 251 cm³/mol. The van der Waals surface area contributed by atoms with Crippen LogP contribution < -0.4 is 26.1 Å². The number of methoxy groups -OCH3 is 1. The number of carbonyl (C=O) groups excluding carboxylic acids is 4. The molecule has 5 N–H and O–H groups in total. The van der Waals surface area contributed by atoms with Crippen LogP contribution in [0.15, 0.2) is 46.1 Å². The molecule has 2 amide bonds. The Morgan fingerprint density at radius 3 is 2.51 bits per heavy atom. The Morgan fingerprint density at radius 2 is 1.84 bits per heavy atom. The number of ketones is 1. The molecule has 4 aliphatic heterocycles. The minimum Gasteiger partial charge on any atom is -0.507 e. The molecule has 0 aliphatic carbocycles. The predicted octanol–water partition coefficient (Wildman–Crippen LogP) is 3.95. The Kier molecular flexibility index (Phi) is 16.5. The van der Waals surface area contributed by atoms with Gasteiger partial charge in [-0.15, -0.1) is 6.42 Å². The van der Waals surface area contributed by atoms with E-state index in [-0.39, 0.29) is 68.4 Å². The normalized spacial score (nSPS) is 26.1. The van der Waals surface area contributed by atoms with E-state index in [1.165, 1.54) is 26.4 Å². The molecule has 0 aromatic heterocycles. The summed E-state index contributed by atoms with van der Waals surface area (Å²) < 4.78 is 23.7. The maximum absolute atomic E-state index is 14.5. The number of aliphatic hydroxyl groups is 1. The maximum Gasteiger partial charge on any atom is 0.315 e. The van der Waals surface area contributed by atoms with Crippen molar-refractivity contribution in [2.45, 2.75) is 110 Å². The monoisotopic (exact) mass is 926 g/mol. The van der Waals surface area contributed by atoms with Gasteiger partial charge in [0.05, 0.1) is 41.0 Å². The number of carbonyl (C=O) groups is 4. The number of nitrogens with one attached hydrogen (secondary N) is 2. The highest BCUT2D eigenvalue weighted by atomic mass is 16.7. The molecule has 1 saturated heterocycles. The van der Waals surface area contributed by atoms with Gasteiger partial charge in [0.15, 0.2) is 5.75 Å². The van der Waals surface area contributed by atoms with E-state index in [9.17, 15) is 34.5 Å². The second kappa shape index (κ2) is 21.9. The van der Waals surface area contributed by atoms with Gasteiger partial charge in [-0.1, -0.05) is 44.9 Å². The highest BCUT2D eigenvalue weighted by Gasteiger charge is 2.44. The van der Waals surface area contributed by atoms with Crippen LogP contribution in [0.1, 0.15) is 88.6 Å². The van der Waals surface area contributed by atoms with E-state index in [1.54, 1.807) is 19.1 Å². The lowest BCUT2D eigenvalue weighted by atomic mass is 9.90. The molecule has 1 spiro atoms. The molecule has 17 nitrogen and oxygen atoms in total. The summed E-state index contributed by atoms with van der Waals surface area (Å²) in [5, 5.41) is 41.6. The Labute approximate surface area is 392 Å². The second-order valence-electron chi connectivity index (χ2n) is 18.8. The smallest absolute Gasteiger partial charge is 0.315 e. The minimum atomic E-state index is -1.56. The number of esters is 1. The van der Waals surface area contributed by atoms with Crippen LogP contribution in [-0.4, -0.2) is 133 Å². The Bertz CT molecular complexity index is 2480. The molecule has 2 aromatic rings. The van der Waals surface area contributed by atoms with Crippen LogP contribution in [0.5, 0.6) is 17.2 Å². The molecule has 0 unspecified atom stereocenters. The van der Waals surface area contributed by atoms with Crippen molar-refractivity contribution >= 4 is 40.0 Å². The molecule has 6 rings (SSSR count). The van der Waals surface area contributed by atoms with E-state index in [1.807, 2.05) is 32.0 Å². The number of phenols is 2. The summed E-state index contributed by atoms with van der Waals surface area (Å²) >= 11 is 0. The average molecular weight is 927 g/mol. The van der Waals surface area contributed by atoms with Gasteiger partial charge in [0.25, 0.3) is 5.91 Å². The number of aliphatic hydroxyl groups excluding tert-OH is 1. The van der Waals surface area contributed by atoms with Crippen molar-refractivity contribution in [3.63, 3.8) is 0 Å². The van der Waals surface area contributed by atoms with Crippen LogP contribution in [0.2, 0.25) is 0 Å². The highest BCUT2D eigenvalue weighted by molar-refractivity contribution is 6.20. The number of ether oxygens (including phenoxy) is 4. The molecule has 67 heavy (non-hydrogen) atoms. The number of hydrogen-bond donors (Lipinski definition) is 5. The van der Waals surface area contributed by atoms with Gasteiger partial charge in [-0.25, -0.2) is 4.99 Å². The zero-order valence-corrected chi connectivity index (χ0v) is 39.9. The quantitative estimate of drug-likeness (QED) is 0.0750. The number of hydrogen-bond acceptors (Lipinski definition) is 15. The summed E-state index contributed by atoms with van der Waals surface area (Å²) in [5.74, 6) is -1.48. The fourth-order valence-corrected chi connectivity index (χ4v) is 9.04. The first-order chi connectivity index (χ1) is 31.9. The summed E-state index contributed by atoms with van der Waals surface area (Å²) in [6.45, 7) is 12.9. The van der Waals surface area contributed by atoms with Gasteiger partial charge in [0, 0.05) is 69.1 Å². The number of terminal acetylenes is 1. The number of aromatic hydroxyl groups is 2. The largest absolute Gasteiger partial charge is 0.507 e. The van der Waals surface area contributed by atoms with Gasteiger partial charge < -0.3 is 54.7 Å². The molecule has 4 heterocycles. The molecular formula is C50H66N6O11. The summed E-state index contributed by atoms with van der Waals surface area (Å²) in [7, 11) is 5.23. The van der Waals surface area contributed by atoms with Crippen LogP contribution in [0, 0.1) is 37.0 Å². The summed E-state index contributed by atoms with van der Waals surface area (Å²) in [6.07, 6.45) is 11.2. The Morgan fingerprint density at radius 1 is 1.10 bits per heavy atom. The zero-order valence-electron chi connectivity index (χ0n) is 39.9. The number of fused-ring (bicyclic) bond motifs is 1. The minimum absolute atomic E-state index is 0.0300. The first-order valence-corrected chi connectivity index (χ1v) is 23.1. The van der Waals surface area contributed by atoms with E-state index in [0.717, 1.165) is 26.2 Å². The number of Topliss-reactive ketones (excluding diaryl/α,β-unsaturated/α-hetero) is 1. The van der Waals surface area contributed by atoms with Crippen LogP contribution in [0.4, 0.5) is 5.69 Å². The fraction of sp³-hybridized carbons (Fsp3) is 0.560. The van der Waals surface area contributed by atoms with Gasteiger partial charge in [-0.3, -0.25) is 24.2 Å². The van der Waals surface area contributed by atoms with E-state index >= 15 is 0 Å². The third-order valence-corrected chi connectivity index (χ3v) is 12.7. The van der Waals surface area contributed by atoms with Gasteiger partial charge in [0.1, 0.15) is 40.4 Å². The molecule has 6 atom stereocenters. The van der Waals surface area contributed by atoms with Gasteiger partial charge in [-0.05, 0) is 71.7 Å². The lowest BCUT2D eigenvalue weighted by molar-refractivity contribution is -0.156. The van der Waals surface area contributed by atoms with E-state index in [4.69, 9.17) is 30.4 Å². The number of phenolic OH excluding ortho intramolecular Hbond substituents is 2. The number of rotatable bonds is 10. The molecule has 17 heteroatoms. The summed E-state index contributed by atoms with van der Waals surface area (Å²) in [6, 6.07) is 0. The van der Waals surface area contributed by atoms with E-state index in [2.05, 4.69) is 40.3 Å². The highest BCUT2D eigenvalue weighted by Crippen LogP contribution is 2.49. The first-order valence-electron chi connectivity index (χ1n) is 23.1. The number of amides is 2. The number of nitrogens with zero attached hydrogens (tertiary/aromatic N) is 4. The van der Waals surface area contributed by atoms with Crippen LogP contribution in [-0.2, 0) is 28.6 Å². The first kappa shape index (κ1) is 50.6. The average Bonchev–Trinajstić information content (AvgIpc) is 3.81. The maximum atomic E-state index is 14.5. The standard InChI is InChI=1S/C50H66N6O11/c1-10-33-34(64-9)17-24-65-49-46(62)40-38-39(44(60)31(6)47(40)67-49)45(61)43(42-41(38)53-50(54-42)18-22-56(23-19-50)27-28(2)3)52-48(63)30(5)14-11-13-29(4)15-16-32(57)25-35(33)66-37(59)26-36(58)51-20-12-21-55(7)8/h1,11,13-14,17,24,28-29,32-35,49,53,57,60-61H,12,15-16,18-23,25-27H2,2-9H3,(H,51,58)/b13-11+,24-17+,30-14-,52-43?/t29-,32+,33+,34-,35-,49-/m0/s1. The SMILES string of the molecule is C#C[C@@H]1[C@@H](OC)/C=C/O[C@H]2Oc3c(C)c(O)c4c(O)c(c5c(c4c3C2=O)NC2(CCN(CC(C)C)CC2)N=5)=NC(=O)/C(C)=C\C=C\[C@H](C)CC[C@@H](O)C[C@@H]1OC(=O)CC(=O)NCCCN(C)C. The van der Waals surface area contributed by atoms with Crippen LogP contribution >= 0.6 is 0 Å².